The second-order valence-corrected chi connectivity index (χ2v) is 5.86. The normalized spacial score (nSPS) is 14.6. The van der Waals surface area contributed by atoms with Gasteiger partial charge in [-0.05, 0) is 39.7 Å². The van der Waals surface area contributed by atoms with Crippen molar-refractivity contribution in [3.63, 3.8) is 0 Å². The maximum absolute atomic E-state index is 13.9. The second-order valence-electron chi connectivity index (χ2n) is 5.07. The van der Waals surface area contributed by atoms with E-state index in [2.05, 4.69) is 33.4 Å². The summed E-state index contributed by atoms with van der Waals surface area (Å²) in [6.45, 7) is 3.55. The van der Waals surface area contributed by atoms with Gasteiger partial charge in [-0.3, -0.25) is 0 Å². The van der Waals surface area contributed by atoms with Crippen molar-refractivity contribution >= 4 is 15.9 Å². The van der Waals surface area contributed by atoms with E-state index in [-0.39, 0.29) is 11.9 Å². The van der Waals surface area contributed by atoms with Crippen LogP contribution in [0.2, 0.25) is 0 Å². The lowest BCUT2D eigenvalue weighted by Crippen LogP contribution is -2.23. The monoisotopic (exact) mass is 349 g/mol. The second kappa shape index (κ2) is 6.16. The first-order valence-electron chi connectivity index (χ1n) is 7.14. The fraction of sp³-hybridized carbons (Fsp3) is 0.294. The first-order chi connectivity index (χ1) is 10.2. The summed E-state index contributed by atoms with van der Waals surface area (Å²) in [6.07, 6.45) is 0.937. The Balaban J connectivity index is 2.11. The molecule has 0 amide bonds. The Labute approximate surface area is 132 Å². The first kappa shape index (κ1) is 14.5. The largest absolute Gasteiger partial charge is 0.493 e. The highest BCUT2D eigenvalue weighted by Gasteiger charge is 2.24. The van der Waals surface area contributed by atoms with Gasteiger partial charge >= 0.3 is 0 Å². The first-order valence-corrected chi connectivity index (χ1v) is 7.93. The van der Waals surface area contributed by atoms with Crippen molar-refractivity contribution < 1.29 is 9.13 Å². The van der Waals surface area contributed by atoms with Crippen LogP contribution in [0.15, 0.2) is 40.9 Å². The molecule has 0 aliphatic carbocycles. The fourth-order valence-corrected chi connectivity index (χ4v) is 3.30. The van der Waals surface area contributed by atoms with Gasteiger partial charge in [0.25, 0.3) is 0 Å². The predicted molar refractivity (Wildman–Crippen MR) is 85.3 cm³/mol. The lowest BCUT2D eigenvalue weighted by molar-refractivity contribution is 0.350. The van der Waals surface area contributed by atoms with Crippen LogP contribution in [0.1, 0.15) is 29.7 Å². The van der Waals surface area contributed by atoms with Crippen molar-refractivity contribution in [3.8, 4) is 5.75 Å². The van der Waals surface area contributed by atoms with E-state index < -0.39 is 0 Å². The van der Waals surface area contributed by atoms with E-state index in [0.717, 1.165) is 36.4 Å². The van der Waals surface area contributed by atoms with E-state index in [0.29, 0.717) is 4.47 Å². The summed E-state index contributed by atoms with van der Waals surface area (Å²) in [4.78, 5) is 0. The van der Waals surface area contributed by atoms with E-state index in [1.807, 2.05) is 19.1 Å². The number of para-hydroxylation sites is 1. The zero-order valence-corrected chi connectivity index (χ0v) is 13.4. The highest BCUT2D eigenvalue weighted by molar-refractivity contribution is 9.10. The summed E-state index contributed by atoms with van der Waals surface area (Å²) in [5, 5.41) is 3.44. The minimum Gasteiger partial charge on any atom is -0.493 e. The van der Waals surface area contributed by atoms with Crippen LogP contribution >= 0.6 is 15.9 Å². The van der Waals surface area contributed by atoms with Crippen LogP contribution in [-0.4, -0.2) is 13.2 Å². The van der Waals surface area contributed by atoms with E-state index >= 15 is 0 Å². The number of hydrogen-bond donors (Lipinski definition) is 1. The van der Waals surface area contributed by atoms with Crippen molar-refractivity contribution in [2.45, 2.75) is 19.4 Å². The number of hydrogen-bond acceptors (Lipinski definition) is 2. The molecule has 0 fully saturated rings. The quantitative estimate of drug-likeness (QED) is 0.891. The lowest BCUT2D eigenvalue weighted by atomic mass is 9.95. The molecule has 0 radical (unpaired) electrons. The predicted octanol–water partition coefficient (Wildman–Crippen LogP) is 4.22. The minimum atomic E-state index is -0.246. The van der Waals surface area contributed by atoms with Crippen molar-refractivity contribution in [1.29, 1.82) is 0 Å². The number of nitrogens with one attached hydrogen (secondary N) is 1. The highest BCUT2D eigenvalue weighted by Crippen LogP contribution is 2.38. The van der Waals surface area contributed by atoms with Crippen LogP contribution in [0.4, 0.5) is 4.39 Å². The number of fused-ring (bicyclic) bond motifs is 1. The molecule has 1 heterocycles. The third kappa shape index (κ3) is 2.70. The van der Waals surface area contributed by atoms with Gasteiger partial charge in [0, 0.05) is 12.0 Å². The molecule has 1 N–H and O–H groups in total. The van der Waals surface area contributed by atoms with Crippen LogP contribution in [0.5, 0.6) is 5.75 Å². The van der Waals surface area contributed by atoms with Gasteiger partial charge in [-0.25, -0.2) is 4.39 Å². The van der Waals surface area contributed by atoms with Crippen LogP contribution in [0, 0.1) is 5.82 Å². The molecule has 0 saturated carbocycles. The fourth-order valence-electron chi connectivity index (χ4n) is 2.80. The van der Waals surface area contributed by atoms with Gasteiger partial charge in [-0.2, -0.15) is 0 Å². The maximum Gasteiger partial charge on any atom is 0.137 e. The zero-order chi connectivity index (χ0) is 14.8. The van der Waals surface area contributed by atoms with Crippen molar-refractivity contribution in [3.05, 3.63) is 63.4 Å². The Morgan fingerprint density at radius 3 is 2.81 bits per heavy atom. The van der Waals surface area contributed by atoms with Gasteiger partial charge in [0.15, 0.2) is 0 Å². The number of ether oxygens (including phenoxy) is 1. The molecule has 1 aliphatic rings. The van der Waals surface area contributed by atoms with Gasteiger partial charge < -0.3 is 10.1 Å². The molecular weight excluding hydrogens is 333 g/mol. The summed E-state index contributed by atoms with van der Waals surface area (Å²) in [5.74, 6) is 0.698. The molecule has 0 spiro atoms. The molecule has 0 saturated heterocycles. The molecule has 21 heavy (non-hydrogen) atoms. The van der Waals surface area contributed by atoms with E-state index in [9.17, 15) is 4.39 Å². The Hall–Kier alpha value is -1.39. The third-order valence-corrected chi connectivity index (χ3v) is 4.59. The van der Waals surface area contributed by atoms with E-state index in [1.54, 1.807) is 6.07 Å². The molecule has 1 unspecified atom stereocenters. The van der Waals surface area contributed by atoms with Crippen LogP contribution in [0.25, 0.3) is 0 Å². The number of rotatable bonds is 4. The van der Waals surface area contributed by atoms with Gasteiger partial charge in [0.1, 0.15) is 11.6 Å². The summed E-state index contributed by atoms with van der Waals surface area (Å²) in [7, 11) is 0. The molecule has 2 aromatic carbocycles. The van der Waals surface area contributed by atoms with Gasteiger partial charge in [0.2, 0.25) is 0 Å². The smallest absolute Gasteiger partial charge is 0.137 e. The van der Waals surface area contributed by atoms with Crippen LogP contribution in [-0.2, 0) is 6.42 Å². The molecule has 3 rings (SSSR count). The standard InChI is InChI=1S/C17H17BrFNO/c1-2-20-16(12-6-4-8-14(19)15(12)18)13-7-3-5-11-9-10-21-17(11)13/h3-8,16,20H,2,9-10H2,1H3. The van der Waals surface area contributed by atoms with Gasteiger partial charge in [-0.15, -0.1) is 0 Å². The van der Waals surface area contributed by atoms with E-state index in [4.69, 9.17) is 4.74 Å². The summed E-state index contributed by atoms with van der Waals surface area (Å²) < 4.78 is 20.2. The lowest BCUT2D eigenvalue weighted by Gasteiger charge is -2.22. The van der Waals surface area contributed by atoms with Crippen molar-refractivity contribution in [2.75, 3.05) is 13.2 Å². The molecule has 1 aliphatic heterocycles. The number of halogens is 2. The average molecular weight is 350 g/mol. The maximum atomic E-state index is 13.9. The van der Waals surface area contributed by atoms with Gasteiger partial charge in [0.05, 0.1) is 17.1 Å². The Morgan fingerprint density at radius 2 is 2.00 bits per heavy atom. The molecule has 1 atom stereocenters. The molecule has 4 heteroatoms. The van der Waals surface area contributed by atoms with Crippen LogP contribution in [0.3, 0.4) is 0 Å². The Morgan fingerprint density at radius 1 is 1.24 bits per heavy atom. The van der Waals surface area contributed by atoms with Crippen LogP contribution < -0.4 is 10.1 Å². The SMILES string of the molecule is CCNC(c1cccc(F)c1Br)c1cccc2c1OCC2. The molecule has 0 aromatic heterocycles. The minimum absolute atomic E-state index is 0.0897. The van der Waals surface area contributed by atoms with E-state index in [1.165, 1.54) is 11.6 Å². The third-order valence-electron chi connectivity index (χ3n) is 3.76. The molecule has 110 valence electrons. The van der Waals surface area contributed by atoms with Crippen molar-refractivity contribution in [1.82, 2.24) is 5.32 Å². The average Bonchev–Trinajstić information content (AvgIpc) is 2.97. The molecule has 0 bridgehead atoms. The highest BCUT2D eigenvalue weighted by atomic mass is 79.9. The zero-order valence-electron chi connectivity index (χ0n) is 11.8. The Kier molecular flexibility index (Phi) is 4.27. The summed E-state index contributed by atoms with van der Waals surface area (Å²) in [5.41, 5.74) is 3.18. The molecule has 2 nitrogen and oxygen atoms in total. The summed E-state index contributed by atoms with van der Waals surface area (Å²) >= 11 is 3.37. The van der Waals surface area contributed by atoms with Crippen molar-refractivity contribution in [2.24, 2.45) is 0 Å². The molecule has 2 aromatic rings. The topological polar surface area (TPSA) is 21.3 Å². The summed E-state index contributed by atoms with van der Waals surface area (Å²) in [6, 6.07) is 11.2. The molecular formula is C17H17BrFNO. The van der Waals surface area contributed by atoms with Gasteiger partial charge in [-0.1, -0.05) is 37.3 Å². The Bertz CT molecular complexity index is 659. The number of benzene rings is 2.